The van der Waals surface area contributed by atoms with Crippen LogP contribution in [0.1, 0.15) is 21.5 Å². The molecule has 0 N–H and O–H groups in total. The Morgan fingerprint density at radius 2 is 1.74 bits per heavy atom. The molecule has 3 nitrogen and oxygen atoms in total. The van der Waals surface area contributed by atoms with E-state index >= 15 is 0 Å². The Bertz CT molecular complexity index is 532. The number of hydrogen-bond donors (Lipinski definition) is 0. The summed E-state index contributed by atoms with van der Waals surface area (Å²) >= 11 is 5.26. The van der Waals surface area contributed by atoms with Crippen molar-refractivity contribution in [1.82, 2.24) is 9.80 Å². The maximum absolute atomic E-state index is 13.1. The molecule has 0 amide bonds. The van der Waals surface area contributed by atoms with Crippen molar-refractivity contribution < 1.29 is 18.0 Å². The van der Waals surface area contributed by atoms with Crippen molar-refractivity contribution in [2.45, 2.75) is 12.7 Å². The van der Waals surface area contributed by atoms with E-state index in [2.05, 4.69) is 4.90 Å². The normalized spacial score (nSPS) is 16.4. The first kappa shape index (κ1) is 22.5. The number of hydrogen-bond acceptors (Lipinski definition) is 3. The summed E-state index contributed by atoms with van der Waals surface area (Å²) < 4.78 is 39.4. The fourth-order valence-electron chi connectivity index (χ4n) is 2.35. The lowest BCUT2D eigenvalue weighted by Crippen LogP contribution is -2.44. The van der Waals surface area contributed by atoms with Crippen molar-refractivity contribution in [3.63, 3.8) is 0 Å². The highest BCUT2D eigenvalue weighted by atomic mass is 35.5. The lowest BCUT2D eigenvalue weighted by molar-refractivity contribution is -0.138. The van der Waals surface area contributed by atoms with Crippen molar-refractivity contribution in [2.75, 3.05) is 33.2 Å². The Hall–Kier alpha value is -0.530. The van der Waals surface area contributed by atoms with Gasteiger partial charge in [0.05, 0.1) is 5.56 Å². The van der Waals surface area contributed by atoms with Crippen LogP contribution in [0.15, 0.2) is 18.2 Å². The van der Waals surface area contributed by atoms with E-state index in [4.69, 9.17) is 11.6 Å². The molecule has 0 aromatic heterocycles. The molecule has 1 aromatic carbocycles. The molecular weight excluding hydrogens is 376 g/mol. The molecule has 0 saturated carbocycles. The SMILES string of the molecule is CN1CCN(Cc2ccc(C(=O)Cl)cc2C(F)(F)F)CC1.Cl.Cl. The predicted octanol–water partition coefficient (Wildman–Crippen LogP) is 3.68. The van der Waals surface area contributed by atoms with Gasteiger partial charge in [-0.25, -0.2) is 0 Å². The number of carbonyl (C=O) groups is 1. The van der Waals surface area contributed by atoms with E-state index < -0.39 is 17.0 Å². The van der Waals surface area contributed by atoms with Gasteiger partial charge in [-0.1, -0.05) is 6.07 Å². The molecular formula is C14H18Cl3F3N2O. The summed E-state index contributed by atoms with van der Waals surface area (Å²) in [5.41, 5.74) is -0.743. The van der Waals surface area contributed by atoms with Crippen molar-refractivity contribution in [1.29, 1.82) is 0 Å². The fourth-order valence-corrected chi connectivity index (χ4v) is 2.46. The van der Waals surface area contributed by atoms with Gasteiger partial charge in [0, 0.05) is 38.3 Å². The minimum Gasteiger partial charge on any atom is -0.304 e. The van der Waals surface area contributed by atoms with Crippen LogP contribution in [0.2, 0.25) is 0 Å². The van der Waals surface area contributed by atoms with Crippen LogP contribution >= 0.6 is 36.4 Å². The Kier molecular flexibility index (Phi) is 8.87. The summed E-state index contributed by atoms with van der Waals surface area (Å²) in [4.78, 5) is 15.2. The van der Waals surface area contributed by atoms with E-state index in [1.54, 1.807) is 0 Å². The van der Waals surface area contributed by atoms with E-state index in [1.165, 1.54) is 12.1 Å². The zero-order valence-electron chi connectivity index (χ0n) is 12.4. The molecule has 23 heavy (non-hydrogen) atoms. The van der Waals surface area contributed by atoms with Gasteiger partial charge in [-0.3, -0.25) is 9.69 Å². The van der Waals surface area contributed by atoms with Crippen molar-refractivity contribution in [3.05, 3.63) is 34.9 Å². The van der Waals surface area contributed by atoms with Crippen molar-refractivity contribution in [2.24, 2.45) is 0 Å². The van der Waals surface area contributed by atoms with E-state index in [0.717, 1.165) is 32.2 Å². The number of nitrogens with zero attached hydrogens (tertiary/aromatic N) is 2. The van der Waals surface area contributed by atoms with Crippen LogP contribution in [0.4, 0.5) is 13.2 Å². The highest BCUT2D eigenvalue weighted by Gasteiger charge is 2.34. The fraction of sp³-hybridized carbons (Fsp3) is 0.500. The molecule has 1 aliphatic rings. The standard InChI is InChI=1S/C14H16ClF3N2O.2ClH/c1-19-4-6-20(7-5-19)9-11-3-2-10(13(15)21)8-12(11)14(16,17)18;;/h2-3,8H,4-7,9H2,1H3;2*1H. The van der Waals surface area contributed by atoms with Crippen LogP contribution in [0, 0.1) is 0 Å². The summed E-state index contributed by atoms with van der Waals surface area (Å²) in [5.74, 6) is 0. The molecule has 0 unspecified atom stereocenters. The van der Waals surface area contributed by atoms with Crippen LogP contribution < -0.4 is 0 Å². The average Bonchev–Trinajstić information content (AvgIpc) is 2.40. The Labute approximate surface area is 150 Å². The lowest BCUT2D eigenvalue weighted by atomic mass is 10.0. The smallest absolute Gasteiger partial charge is 0.304 e. The molecule has 0 spiro atoms. The van der Waals surface area contributed by atoms with Crippen molar-refractivity contribution in [3.8, 4) is 0 Å². The summed E-state index contributed by atoms with van der Waals surface area (Å²) in [6.45, 7) is 3.34. The first-order valence-electron chi connectivity index (χ1n) is 6.58. The molecule has 1 heterocycles. The van der Waals surface area contributed by atoms with Gasteiger partial charge in [-0.2, -0.15) is 13.2 Å². The minimum atomic E-state index is -4.50. The number of alkyl halides is 3. The van der Waals surface area contributed by atoms with Crippen LogP contribution in [-0.4, -0.2) is 48.3 Å². The molecule has 9 heteroatoms. The molecule has 0 radical (unpaired) electrons. The first-order valence-corrected chi connectivity index (χ1v) is 6.96. The average molecular weight is 394 g/mol. The summed E-state index contributed by atoms with van der Waals surface area (Å²) in [7, 11) is 1.99. The van der Waals surface area contributed by atoms with E-state index in [0.29, 0.717) is 0 Å². The van der Waals surface area contributed by atoms with Gasteiger partial charge in [-0.15, -0.1) is 24.8 Å². The number of likely N-dealkylation sites (N-methyl/N-ethyl adjacent to an activating group) is 1. The molecule has 132 valence electrons. The van der Waals surface area contributed by atoms with Gasteiger partial charge in [-0.05, 0) is 36.3 Å². The minimum absolute atomic E-state index is 0. The second kappa shape index (κ2) is 9.08. The molecule has 2 rings (SSSR count). The number of carbonyl (C=O) groups excluding carboxylic acids is 1. The van der Waals surface area contributed by atoms with E-state index in [-0.39, 0.29) is 42.5 Å². The van der Waals surface area contributed by atoms with Crippen LogP contribution in [0.3, 0.4) is 0 Å². The molecule has 0 aliphatic carbocycles. The second-order valence-electron chi connectivity index (χ2n) is 5.22. The van der Waals surface area contributed by atoms with Crippen molar-refractivity contribution >= 4 is 41.7 Å². The lowest BCUT2D eigenvalue weighted by Gasteiger charge is -2.32. The van der Waals surface area contributed by atoms with E-state index in [9.17, 15) is 18.0 Å². The number of rotatable bonds is 3. The molecule has 1 fully saturated rings. The van der Waals surface area contributed by atoms with Crippen LogP contribution in [0.5, 0.6) is 0 Å². The molecule has 0 atom stereocenters. The van der Waals surface area contributed by atoms with Gasteiger partial charge < -0.3 is 4.90 Å². The largest absolute Gasteiger partial charge is 0.416 e. The van der Waals surface area contributed by atoms with Gasteiger partial charge in [0.1, 0.15) is 0 Å². The van der Waals surface area contributed by atoms with Gasteiger partial charge in [0.15, 0.2) is 0 Å². The number of benzene rings is 1. The third-order valence-electron chi connectivity index (χ3n) is 3.63. The van der Waals surface area contributed by atoms with Crippen LogP contribution in [-0.2, 0) is 12.7 Å². The third kappa shape index (κ3) is 6.12. The number of halogens is 6. The zero-order valence-corrected chi connectivity index (χ0v) is 14.8. The maximum Gasteiger partial charge on any atom is 0.416 e. The topological polar surface area (TPSA) is 23.6 Å². The van der Waals surface area contributed by atoms with E-state index in [1.807, 2.05) is 11.9 Å². The first-order chi connectivity index (χ1) is 9.77. The highest BCUT2D eigenvalue weighted by molar-refractivity contribution is 6.67. The zero-order chi connectivity index (χ0) is 15.6. The summed E-state index contributed by atoms with van der Waals surface area (Å²) in [5, 5.41) is -0.883. The Balaban J connectivity index is 0.00000242. The Morgan fingerprint density at radius 3 is 2.22 bits per heavy atom. The quantitative estimate of drug-likeness (QED) is 0.732. The Morgan fingerprint density at radius 1 is 1.17 bits per heavy atom. The summed E-state index contributed by atoms with van der Waals surface area (Å²) in [6.07, 6.45) is -4.50. The maximum atomic E-state index is 13.1. The van der Waals surface area contributed by atoms with Crippen LogP contribution in [0.25, 0.3) is 0 Å². The molecule has 0 bridgehead atoms. The highest BCUT2D eigenvalue weighted by Crippen LogP contribution is 2.33. The van der Waals surface area contributed by atoms with Gasteiger partial charge in [0.25, 0.3) is 5.24 Å². The van der Waals surface area contributed by atoms with Gasteiger partial charge in [0.2, 0.25) is 0 Å². The molecule has 1 aromatic rings. The summed E-state index contributed by atoms with van der Waals surface area (Å²) in [6, 6.07) is 3.52. The monoisotopic (exact) mass is 392 g/mol. The third-order valence-corrected chi connectivity index (χ3v) is 3.85. The predicted molar refractivity (Wildman–Crippen MR) is 88.9 cm³/mol. The molecule has 1 aliphatic heterocycles. The van der Waals surface area contributed by atoms with Gasteiger partial charge >= 0.3 is 6.18 Å². The second-order valence-corrected chi connectivity index (χ2v) is 5.57. The molecule has 1 saturated heterocycles. The number of piperazine rings is 1.